The molecule has 0 fully saturated rings. The van der Waals surface area contributed by atoms with Crippen LogP contribution in [-0.4, -0.2) is 21.1 Å². The van der Waals surface area contributed by atoms with Crippen LogP contribution in [0.1, 0.15) is 19.2 Å². The lowest BCUT2D eigenvalue weighted by atomic mass is 10.1. The van der Waals surface area contributed by atoms with Crippen molar-refractivity contribution < 1.29 is 4.79 Å². The van der Waals surface area contributed by atoms with E-state index < -0.39 is 0 Å². The number of nitrogens with one attached hydrogen (secondary N) is 1. The van der Waals surface area contributed by atoms with E-state index in [1.807, 2.05) is 74.5 Å². The Kier molecular flexibility index (Phi) is 6.63. The monoisotopic (exact) mass is 441 g/mol. The average Bonchev–Trinajstić information content (AvgIpc) is 2.68. The second-order valence-corrected chi connectivity index (χ2v) is 8.15. The summed E-state index contributed by atoms with van der Waals surface area (Å²) in [6.07, 6.45) is 0.705. The van der Waals surface area contributed by atoms with E-state index in [0.29, 0.717) is 12.2 Å². The molecule has 0 aliphatic rings. The predicted octanol–water partition coefficient (Wildman–Crippen LogP) is 5.72. The molecule has 2 aromatic carbocycles. The van der Waals surface area contributed by atoms with Crippen LogP contribution < -0.4 is 5.32 Å². The third-order valence-electron chi connectivity index (χ3n) is 3.92. The van der Waals surface area contributed by atoms with Gasteiger partial charge in [-0.1, -0.05) is 64.9 Å². The maximum absolute atomic E-state index is 12.7. The van der Waals surface area contributed by atoms with Crippen LogP contribution in [0.15, 0.2) is 70.2 Å². The Bertz CT molecular complexity index is 916. The van der Waals surface area contributed by atoms with Crippen molar-refractivity contribution in [2.75, 3.05) is 5.32 Å². The maximum Gasteiger partial charge on any atom is 0.237 e. The number of rotatable bonds is 6. The van der Waals surface area contributed by atoms with Crippen molar-refractivity contribution in [3.8, 4) is 11.3 Å². The number of hydrogen-bond donors (Lipinski definition) is 1. The van der Waals surface area contributed by atoms with Crippen LogP contribution in [0.3, 0.4) is 0 Å². The second-order valence-electron chi connectivity index (χ2n) is 6.02. The van der Waals surface area contributed by atoms with Crippen molar-refractivity contribution in [3.05, 3.63) is 71.0 Å². The normalized spacial score (nSPS) is 11.8. The Labute approximate surface area is 172 Å². The molecule has 0 saturated carbocycles. The molecule has 1 unspecified atom stereocenters. The van der Waals surface area contributed by atoms with Gasteiger partial charge in [-0.05, 0) is 43.7 Å². The molecule has 1 N–H and O–H groups in total. The van der Waals surface area contributed by atoms with Gasteiger partial charge in [-0.2, -0.15) is 0 Å². The summed E-state index contributed by atoms with van der Waals surface area (Å²) < 4.78 is 0.979. The lowest BCUT2D eigenvalue weighted by Crippen LogP contribution is -2.24. The molecule has 1 atom stereocenters. The van der Waals surface area contributed by atoms with Gasteiger partial charge in [0.15, 0.2) is 0 Å². The number of anilines is 1. The summed E-state index contributed by atoms with van der Waals surface area (Å²) in [5.74, 6) is 0.671. The molecule has 4 nitrogen and oxygen atoms in total. The van der Waals surface area contributed by atoms with Crippen LogP contribution in [0.4, 0.5) is 5.69 Å². The molecule has 0 bridgehead atoms. The number of aromatic nitrogens is 2. The van der Waals surface area contributed by atoms with Crippen molar-refractivity contribution >= 4 is 39.3 Å². The van der Waals surface area contributed by atoms with Crippen molar-refractivity contribution in [2.45, 2.75) is 30.5 Å². The van der Waals surface area contributed by atoms with E-state index in [1.54, 1.807) is 0 Å². The van der Waals surface area contributed by atoms with Gasteiger partial charge in [-0.15, -0.1) is 0 Å². The summed E-state index contributed by atoms with van der Waals surface area (Å²) in [5, 5.41) is 3.55. The highest BCUT2D eigenvalue weighted by Crippen LogP contribution is 2.28. The largest absolute Gasteiger partial charge is 0.325 e. The first-order valence-corrected chi connectivity index (χ1v) is 10.4. The lowest BCUT2D eigenvalue weighted by Gasteiger charge is -2.15. The molecule has 0 spiro atoms. The molecule has 138 valence electrons. The van der Waals surface area contributed by atoms with E-state index in [1.165, 1.54) is 11.8 Å². The Balaban J connectivity index is 1.76. The molecule has 0 saturated heterocycles. The molecule has 27 heavy (non-hydrogen) atoms. The van der Waals surface area contributed by atoms with E-state index >= 15 is 0 Å². The Morgan fingerprint density at radius 1 is 1.11 bits per heavy atom. The van der Waals surface area contributed by atoms with Gasteiger partial charge in [0.05, 0.1) is 10.9 Å². The lowest BCUT2D eigenvalue weighted by molar-refractivity contribution is -0.115. The second kappa shape index (κ2) is 9.15. The fourth-order valence-corrected chi connectivity index (χ4v) is 3.83. The quantitative estimate of drug-likeness (QED) is 0.392. The maximum atomic E-state index is 12.7. The molecule has 1 aromatic heterocycles. The summed E-state index contributed by atoms with van der Waals surface area (Å²) in [7, 11) is 0. The minimum atomic E-state index is -0.230. The highest BCUT2D eigenvalue weighted by Gasteiger charge is 2.19. The molecule has 6 heteroatoms. The van der Waals surface area contributed by atoms with E-state index in [2.05, 4.69) is 31.2 Å². The van der Waals surface area contributed by atoms with Crippen molar-refractivity contribution in [1.82, 2.24) is 9.97 Å². The summed E-state index contributed by atoms with van der Waals surface area (Å²) in [5.41, 5.74) is 2.69. The zero-order chi connectivity index (χ0) is 19.2. The van der Waals surface area contributed by atoms with Gasteiger partial charge >= 0.3 is 0 Å². The number of halogens is 1. The third kappa shape index (κ3) is 5.40. The Hall–Kier alpha value is -2.18. The minimum absolute atomic E-state index is 0.0256. The molecule has 3 aromatic rings. The van der Waals surface area contributed by atoms with Gasteiger partial charge in [0.1, 0.15) is 10.9 Å². The summed E-state index contributed by atoms with van der Waals surface area (Å²) in [6.45, 7) is 3.88. The number of carbonyl (C=O) groups excluding carboxylic acids is 1. The summed E-state index contributed by atoms with van der Waals surface area (Å²) >= 11 is 4.87. The van der Waals surface area contributed by atoms with Gasteiger partial charge < -0.3 is 5.32 Å². The zero-order valence-electron chi connectivity index (χ0n) is 15.1. The molecule has 0 aliphatic heterocycles. The van der Waals surface area contributed by atoms with Crippen molar-refractivity contribution in [2.24, 2.45) is 0 Å². The number of amides is 1. The fraction of sp³-hybridized carbons (Fsp3) is 0.190. The van der Waals surface area contributed by atoms with E-state index in [9.17, 15) is 4.79 Å². The van der Waals surface area contributed by atoms with E-state index in [0.717, 1.165) is 26.4 Å². The summed E-state index contributed by atoms with van der Waals surface area (Å²) in [6, 6.07) is 19.5. The first-order valence-electron chi connectivity index (χ1n) is 8.69. The smallest absolute Gasteiger partial charge is 0.237 e. The SMILES string of the molecule is CCC(Sc1cc(-c2ccccc2)nc(C)n1)C(=O)Nc1ccc(Br)cc1. The predicted molar refractivity (Wildman–Crippen MR) is 115 cm³/mol. The Morgan fingerprint density at radius 3 is 2.48 bits per heavy atom. The highest BCUT2D eigenvalue weighted by molar-refractivity contribution is 9.10. The third-order valence-corrected chi connectivity index (χ3v) is 5.73. The van der Waals surface area contributed by atoms with Gasteiger partial charge in [0, 0.05) is 15.7 Å². The zero-order valence-corrected chi connectivity index (χ0v) is 17.5. The highest BCUT2D eigenvalue weighted by atomic mass is 79.9. The van der Waals surface area contributed by atoms with Crippen LogP contribution in [0, 0.1) is 6.92 Å². The fourth-order valence-electron chi connectivity index (χ4n) is 2.58. The van der Waals surface area contributed by atoms with E-state index in [-0.39, 0.29) is 11.2 Å². The number of nitrogens with zero attached hydrogens (tertiary/aromatic N) is 2. The molecular weight excluding hydrogens is 422 g/mol. The molecular formula is C21H20BrN3OS. The number of hydrogen-bond acceptors (Lipinski definition) is 4. The molecule has 0 aliphatic carbocycles. The topological polar surface area (TPSA) is 54.9 Å². The first kappa shape index (κ1) is 19.6. The van der Waals surface area contributed by atoms with Gasteiger partial charge in [0.2, 0.25) is 5.91 Å². The molecule has 0 radical (unpaired) electrons. The molecule has 3 rings (SSSR count). The van der Waals surface area contributed by atoms with Crippen LogP contribution in [0.5, 0.6) is 0 Å². The van der Waals surface area contributed by atoms with Gasteiger partial charge in [-0.25, -0.2) is 9.97 Å². The molecule has 1 amide bonds. The van der Waals surface area contributed by atoms with Crippen LogP contribution >= 0.6 is 27.7 Å². The van der Waals surface area contributed by atoms with Gasteiger partial charge in [0.25, 0.3) is 0 Å². The average molecular weight is 442 g/mol. The van der Waals surface area contributed by atoms with Crippen LogP contribution in [0.2, 0.25) is 0 Å². The standard InChI is InChI=1S/C21H20BrN3OS/c1-3-19(21(26)25-17-11-9-16(22)10-12-17)27-20-13-18(23-14(2)24-20)15-7-5-4-6-8-15/h4-13,19H,3H2,1-2H3,(H,25,26). The number of aryl methyl sites for hydroxylation is 1. The van der Waals surface area contributed by atoms with Crippen molar-refractivity contribution in [3.63, 3.8) is 0 Å². The summed E-state index contributed by atoms with van der Waals surface area (Å²) in [4.78, 5) is 21.7. The van der Waals surface area contributed by atoms with Crippen molar-refractivity contribution in [1.29, 1.82) is 0 Å². The number of thioether (sulfide) groups is 1. The number of carbonyl (C=O) groups is 1. The van der Waals surface area contributed by atoms with Crippen LogP contribution in [-0.2, 0) is 4.79 Å². The molecule has 1 heterocycles. The first-order chi connectivity index (χ1) is 13.0. The Morgan fingerprint density at radius 2 is 1.81 bits per heavy atom. The minimum Gasteiger partial charge on any atom is -0.325 e. The number of benzene rings is 2. The van der Waals surface area contributed by atoms with Crippen LogP contribution in [0.25, 0.3) is 11.3 Å². The van der Waals surface area contributed by atoms with E-state index in [4.69, 9.17) is 0 Å². The van der Waals surface area contributed by atoms with Gasteiger partial charge in [-0.3, -0.25) is 4.79 Å².